The van der Waals surface area contributed by atoms with Crippen LogP contribution in [0.15, 0.2) is 22.7 Å². The zero-order valence-electron chi connectivity index (χ0n) is 9.05. The first-order valence-electron chi connectivity index (χ1n) is 4.82. The molecule has 2 nitrogen and oxygen atoms in total. The summed E-state index contributed by atoms with van der Waals surface area (Å²) in [7, 11) is 1.94. The molecule has 0 spiro atoms. The van der Waals surface area contributed by atoms with Crippen LogP contribution in [0.4, 0.5) is 0 Å². The minimum absolute atomic E-state index is 0.755. The van der Waals surface area contributed by atoms with Crippen molar-refractivity contribution in [1.82, 2.24) is 5.32 Å². The fourth-order valence-corrected chi connectivity index (χ4v) is 2.00. The van der Waals surface area contributed by atoms with Crippen LogP contribution in [0.1, 0.15) is 5.56 Å². The number of ether oxygens (including phenoxy) is 1. The first-order chi connectivity index (χ1) is 7.27. The molecule has 0 heterocycles. The summed E-state index contributed by atoms with van der Waals surface area (Å²) in [6.45, 7) is 1.63. The predicted molar refractivity (Wildman–Crippen MR) is 70.8 cm³/mol. The number of thioether (sulfide) groups is 1. The van der Waals surface area contributed by atoms with Crippen molar-refractivity contribution >= 4 is 27.7 Å². The fraction of sp³-hybridized carbons (Fsp3) is 0.455. The molecule has 0 radical (unpaired) electrons. The predicted octanol–water partition coefficient (Wildman–Crippen LogP) is 2.91. The normalized spacial score (nSPS) is 10.3. The molecule has 15 heavy (non-hydrogen) atoms. The molecule has 1 aromatic rings. The van der Waals surface area contributed by atoms with E-state index in [1.54, 1.807) is 11.8 Å². The molecule has 0 bridgehead atoms. The van der Waals surface area contributed by atoms with Crippen LogP contribution >= 0.6 is 27.7 Å². The van der Waals surface area contributed by atoms with Crippen molar-refractivity contribution in [1.29, 1.82) is 0 Å². The van der Waals surface area contributed by atoms with Crippen LogP contribution in [0, 0.1) is 0 Å². The van der Waals surface area contributed by atoms with Gasteiger partial charge in [-0.3, -0.25) is 0 Å². The second-order valence-electron chi connectivity index (χ2n) is 3.14. The maximum Gasteiger partial charge on any atom is 0.133 e. The van der Waals surface area contributed by atoms with Crippen molar-refractivity contribution in [2.75, 3.05) is 25.7 Å². The topological polar surface area (TPSA) is 21.3 Å². The monoisotopic (exact) mass is 289 g/mol. The van der Waals surface area contributed by atoms with E-state index in [1.165, 1.54) is 5.56 Å². The zero-order chi connectivity index (χ0) is 11.1. The highest BCUT2D eigenvalue weighted by Crippen LogP contribution is 2.26. The van der Waals surface area contributed by atoms with E-state index < -0.39 is 0 Å². The summed E-state index contributed by atoms with van der Waals surface area (Å²) in [5.41, 5.74) is 1.25. The number of rotatable bonds is 6. The highest BCUT2D eigenvalue weighted by molar-refractivity contribution is 9.10. The van der Waals surface area contributed by atoms with Crippen molar-refractivity contribution in [3.05, 3.63) is 28.2 Å². The van der Waals surface area contributed by atoms with E-state index in [0.717, 1.165) is 29.1 Å². The van der Waals surface area contributed by atoms with Crippen molar-refractivity contribution < 1.29 is 4.74 Å². The molecule has 1 aromatic carbocycles. The van der Waals surface area contributed by atoms with Crippen LogP contribution in [0.25, 0.3) is 0 Å². The SMILES string of the molecule is CNCc1ccc(OCCSC)c(Br)c1. The lowest BCUT2D eigenvalue weighted by Crippen LogP contribution is -2.05. The van der Waals surface area contributed by atoms with Crippen LogP contribution in [0.2, 0.25) is 0 Å². The minimum Gasteiger partial charge on any atom is -0.492 e. The van der Waals surface area contributed by atoms with Gasteiger partial charge in [-0.05, 0) is 46.9 Å². The highest BCUT2D eigenvalue weighted by atomic mass is 79.9. The third-order valence-electron chi connectivity index (χ3n) is 1.92. The van der Waals surface area contributed by atoms with Crippen molar-refractivity contribution in [3.63, 3.8) is 0 Å². The Morgan fingerprint density at radius 3 is 2.87 bits per heavy atom. The Labute approximate surface area is 104 Å². The molecule has 0 saturated heterocycles. The Balaban J connectivity index is 2.58. The standard InChI is InChI=1S/C11H16BrNOS/c1-13-8-9-3-4-11(10(12)7-9)14-5-6-15-2/h3-4,7,13H,5-6,8H2,1-2H3. The number of benzene rings is 1. The van der Waals surface area contributed by atoms with Crippen molar-refractivity contribution in [3.8, 4) is 5.75 Å². The van der Waals surface area contributed by atoms with Gasteiger partial charge in [-0.1, -0.05) is 6.07 Å². The van der Waals surface area contributed by atoms with E-state index in [9.17, 15) is 0 Å². The van der Waals surface area contributed by atoms with E-state index in [1.807, 2.05) is 13.1 Å². The summed E-state index contributed by atoms with van der Waals surface area (Å²) in [5, 5.41) is 3.12. The van der Waals surface area contributed by atoms with Crippen molar-refractivity contribution in [2.24, 2.45) is 0 Å². The molecule has 0 aliphatic heterocycles. The van der Waals surface area contributed by atoms with E-state index in [4.69, 9.17) is 4.74 Å². The second-order valence-corrected chi connectivity index (χ2v) is 4.98. The van der Waals surface area contributed by atoms with E-state index >= 15 is 0 Å². The van der Waals surface area contributed by atoms with Crippen LogP contribution in [0.5, 0.6) is 5.75 Å². The first kappa shape index (κ1) is 12.9. The van der Waals surface area contributed by atoms with Gasteiger partial charge in [-0.15, -0.1) is 0 Å². The Morgan fingerprint density at radius 1 is 1.47 bits per heavy atom. The van der Waals surface area contributed by atoms with Gasteiger partial charge in [-0.25, -0.2) is 0 Å². The van der Waals surface area contributed by atoms with Crippen LogP contribution in [-0.4, -0.2) is 25.7 Å². The Hall–Kier alpha value is -0.190. The maximum absolute atomic E-state index is 5.62. The fourth-order valence-electron chi connectivity index (χ4n) is 1.21. The first-order valence-corrected chi connectivity index (χ1v) is 7.01. The van der Waals surface area contributed by atoms with Gasteiger partial charge in [0.05, 0.1) is 11.1 Å². The zero-order valence-corrected chi connectivity index (χ0v) is 11.5. The third kappa shape index (κ3) is 4.45. The Bertz CT molecular complexity index is 307. The smallest absolute Gasteiger partial charge is 0.133 e. The van der Waals surface area contributed by atoms with Gasteiger partial charge < -0.3 is 10.1 Å². The molecule has 0 fully saturated rings. The van der Waals surface area contributed by atoms with Crippen LogP contribution < -0.4 is 10.1 Å². The number of halogens is 1. The second kappa shape index (κ2) is 7.14. The van der Waals surface area contributed by atoms with Gasteiger partial charge in [0, 0.05) is 12.3 Å². The van der Waals surface area contributed by atoms with E-state index in [2.05, 4.69) is 39.6 Å². The number of hydrogen-bond donors (Lipinski definition) is 1. The Morgan fingerprint density at radius 2 is 2.27 bits per heavy atom. The van der Waals surface area contributed by atoms with Gasteiger partial charge in [0.1, 0.15) is 5.75 Å². The van der Waals surface area contributed by atoms with Crippen molar-refractivity contribution in [2.45, 2.75) is 6.54 Å². The summed E-state index contributed by atoms with van der Waals surface area (Å²) in [4.78, 5) is 0. The third-order valence-corrected chi connectivity index (χ3v) is 3.12. The van der Waals surface area contributed by atoms with E-state index in [0.29, 0.717) is 0 Å². The lowest BCUT2D eigenvalue weighted by atomic mass is 10.2. The molecule has 0 amide bonds. The van der Waals surface area contributed by atoms with Crippen LogP contribution in [0.3, 0.4) is 0 Å². The van der Waals surface area contributed by atoms with Gasteiger partial charge in [0.25, 0.3) is 0 Å². The molecule has 1 rings (SSSR count). The lowest BCUT2D eigenvalue weighted by molar-refractivity contribution is 0.342. The molecule has 4 heteroatoms. The minimum atomic E-state index is 0.755. The maximum atomic E-state index is 5.62. The van der Waals surface area contributed by atoms with E-state index in [-0.39, 0.29) is 0 Å². The van der Waals surface area contributed by atoms with Crippen LogP contribution in [-0.2, 0) is 6.54 Å². The molecular formula is C11H16BrNOS. The lowest BCUT2D eigenvalue weighted by Gasteiger charge is -2.09. The average Bonchev–Trinajstić information content (AvgIpc) is 2.22. The molecule has 0 aromatic heterocycles. The van der Waals surface area contributed by atoms with Gasteiger partial charge in [0.15, 0.2) is 0 Å². The summed E-state index contributed by atoms with van der Waals surface area (Å²) in [5.74, 6) is 1.94. The van der Waals surface area contributed by atoms with Gasteiger partial charge in [-0.2, -0.15) is 11.8 Å². The summed E-state index contributed by atoms with van der Waals surface area (Å²) >= 11 is 5.30. The largest absolute Gasteiger partial charge is 0.492 e. The molecule has 0 unspecified atom stereocenters. The molecule has 0 aliphatic rings. The highest BCUT2D eigenvalue weighted by Gasteiger charge is 2.01. The molecule has 0 aliphatic carbocycles. The molecule has 0 saturated carbocycles. The molecular weight excluding hydrogens is 274 g/mol. The summed E-state index contributed by atoms with van der Waals surface area (Å²) < 4.78 is 6.65. The van der Waals surface area contributed by atoms with Gasteiger partial charge in [0.2, 0.25) is 0 Å². The molecule has 1 N–H and O–H groups in total. The summed E-state index contributed by atoms with van der Waals surface area (Å²) in [6.07, 6.45) is 2.08. The molecule has 0 atom stereocenters. The average molecular weight is 290 g/mol. The quantitative estimate of drug-likeness (QED) is 0.814. The van der Waals surface area contributed by atoms with Gasteiger partial charge >= 0.3 is 0 Å². The Kier molecular flexibility index (Phi) is 6.13. The summed E-state index contributed by atoms with van der Waals surface area (Å²) in [6, 6.07) is 6.18. The number of hydrogen-bond acceptors (Lipinski definition) is 3. The number of nitrogens with one attached hydrogen (secondary N) is 1. The molecule has 84 valence electrons.